The van der Waals surface area contributed by atoms with Gasteiger partial charge in [0, 0.05) is 11.4 Å². The fourth-order valence-electron chi connectivity index (χ4n) is 1.39. The van der Waals surface area contributed by atoms with Gasteiger partial charge in [-0.2, -0.15) is 0 Å². The van der Waals surface area contributed by atoms with Crippen LogP contribution in [0.15, 0.2) is 12.1 Å². The highest BCUT2D eigenvalue weighted by Gasteiger charge is 2.03. The van der Waals surface area contributed by atoms with Crippen LogP contribution in [0.1, 0.15) is 30.9 Å². The second-order valence-electron chi connectivity index (χ2n) is 3.46. The van der Waals surface area contributed by atoms with Gasteiger partial charge in [-0.25, -0.2) is 0 Å². The molecule has 0 heterocycles. The second-order valence-corrected chi connectivity index (χ2v) is 3.46. The molecule has 0 aliphatic carbocycles. The van der Waals surface area contributed by atoms with Gasteiger partial charge in [0.2, 0.25) is 0 Å². The summed E-state index contributed by atoms with van der Waals surface area (Å²) >= 11 is 0. The summed E-state index contributed by atoms with van der Waals surface area (Å²) in [4.78, 5) is 0. The minimum atomic E-state index is 0.790. The smallest absolute Gasteiger partial charge is 0.0396 e. The molecule has 2 heteroatoms. The molecule has 4 N–H and O–H groups in total. The summed E-state index contributed by atoms with van der Waals surface area (Å²) in [5.41, 5.74) is 15.6. The molecular weight excluding hydrogens is 160 g/mol. The Morgan fingerprint density at radius 2 is 1.92 bits per heavy atom. The number of hydrogen-bond donors (Lipinski definition) is 2. The van der Waals surface area contributed by atoms with Gasteiger partial charge in [-0.05, 0) is 37.0 Å². The van der Waals surface area contributed by atoms with Crippen molar-refractivity contribution >= 4 is 11.4 Å². The van der Waals surface area contributed by atoms with Crippen molar-refractivity contribution in [3.05, 3.63) is 23.3 Å². The van der Waals surface area contributed by atoms with Crippen molar-refractivity contribution in [1.29, 1.82) is 0 Å². The first-order chi connectivity index (χ1) is 6.16. The van der Waals surface area contributed by atoms with Crippen molar-refractivity contribution in [3.63, 3.8) is 0 Å². The normalized spacial score (nSPS) is 10.3. The summed E-state index contributed by atoms with van der Waals surface area (Å²) < 4.78 is 0. The number of unbranched alkanes of at least 4 members (excludes halogenated alkanes) is 1. The van der Waals surface area contributed by atoms with Crippen LogP contribution in [0.5, 0.6) is 0 Å². The van der Waals surface area contributed by atoms with Gasteiger partial charge >= 0.3 is 0 Å². The Kier molecular flexibility index (Phi) is 3.18. The topological polar surface area (TPSA) is 52.0 Å². The highest BCUT2D eigenvalue weighted by molar-refractivity contribution is 5.64. The first-order valence-electron chi connectivity index (χ1n) is 4.80. The fraction of sp³-hybridized carbons (Fsp3) is 0.455. The number of nitrogen functional groups attached to an aromatic ring is 2. The maximum Gasteiger partial charge on any atom is 0.0396 e. The summed E-state index contributed by atoms with van der Waals surface area (Å²) in [6.07, 6.45) is 3.44. The van der Waals surface area contributed by atoms with E-state index in [-0.39, 0.29) is 0 Å². The van der Waals surface area contributed by atoms with Crippen molar-refractivity contribution < 1.29 is 0 Å². The van der Waals surface area contributed by atoms with Gasteiger partial charge < -0.3 is 11.5 Å². The monoisotopic (exact) mass is 178 g/mol. The van der Waals surface area contributed by atoms with Gasteiger partial charge in [-0.1, -0.05) is 19.4 Å². The van der Waals surface area contributed by atoms with Gasteiger partial charge in [0.1, 0.15) is 0 Å². The molecule has 0 spiro atoms. The summed E-state index contributed by atoms with van der Waals surface area (Å²) in [5, 5.41) is 0. The molecule has 0 aliphatic rings. The maximum absolute atomic E-state index is 5.94. The standard InChI is InChI=1S/C11H18N2/c1-3-4-5-9-6-7-10(12)8(2)11(9)13/h6-7H,3-5,12-13H2,1-2H3. The summed E-state index contributed by atoms with van der Waals surface area (Å²) in [6, 6.07) is 3.98. The van der Waals surface area contributed by atoms with E-state index in [1.807, 2.05) is 19.1 Å². The van der Waals surface area contributed by atoms with E-state index in [4.69, 9.17) is 11.5 Å². The van der Waals surface area contributed by atoms with E-state index in [1.165, 1.54) is 18.4 Å². The quantitative estimate of drug-likeness (QED) is 0.699. The number of anilines is 2. The third-order valence-electron chi connectivity index (χ3n) is 2.45. The van der Waals surface area contributed by atoms with E-state index in [2.05, 4.69) is 6.92 Å². The Morgan fingerprint density at radius 3 is 2.54 bits per heavy atom. The van der Waals surface area contributed by atoms with Gasteiger partial charge in [-0.3, -0.25) is 0 Å². The molecule has 0 atom stereocenters. The van der Waals surface area contributed by atoms with Crippen molar-refractivity contribution in [2.24, 2.45) is 0 Å². The zero-order valence-electron chi connectivity index (χ0n) is 8.43. The van der Waals surface area contributed by atoms with E-state index >= 15 is 0 Å². The van der Waals surface area contributed by atoms with Crippen LogP contribution in [-0.2, 0) is 6.42 Å². The predicted molar refractivity (Wildman–Crippen MR) is 58.6 cm³/mol. The van der Waals surface area contributed by atoms with Crippen LogP contribution in [0.25, 0.3) is 0 Å². The molecule has 0 saturated carbocycles. The number of aryl methyl sites for hydroxylation is 1. The lowest BCUT2D eigenvalue weighted by Gasteiger charge is -2.09. The Balaban J connectivity index is 2.90. The molecule has 0 radical (unpaired) electrons. The predicted octanol–water partition coefficient (Wildman–Crippen LogP) is 2.50. The third-order valence-corrected chi connectivity index (χ3v) is 2.45. The average Bonchev–Trinajstić information content (AvgIpc) is 2.13. The molecule has 13 heavy (non-hydrogen) atoms. The molecule has 0 saturated heterocycles. The van der Waals surface area contributed by atoms with Crippen LogP contribution in [0, 0.1) is 6.92 Å². The highest BCUT2D eigenvalue weighted by atomic mass is 14.6. The molecule has 1 rings (SSSR count). The molecule has 0 aromatic heterocycles. The van der Waals surface area contributed by atoms with E-state index in [0.717, 1.165) is 23.4 Å². The van der Waals surface area contributed by atoms with Crippen molar-refractivity contribution in [2.75, 3.05) is 11.5 Å². The molecule has 0 aliphatic heterocycles. The Morgan fingerprint density at radius 1 is 1.23 bits per heavy atom. The molecule has 1 aromatic rings. The van der Waals surface area contributed by atoms with Gasteiger partial charge in [0.15, 0.2) is 0 Å². The third kappa shape index (κ3) is 2.14. The summed E-state index contributed by atoms with van der Waals surface area (Å²) in [6.45, 7) is 4.15. The minimum Gasteiger partial charge on any atom is -0.398 e. The number of rotatable bonds is 3. The second kappa shape index (κ2) is 4.17. The van der Waals surface area contributed by atoms with E-state index < -0.39 is 0 Å². The van der Waals surface area contributed by atoms with Crippen LogP contribution < -0.4 is 11.5 Å². The van der Waals surface area contributed by atoms with Crippen molar-refractivity contribution in [3.8, 4) is 0 Å². The fourth-order valence-corrected chi connectivity index (χ4v) is 1.39. The lowest BCUT2D eigenvalue weighted by Crippen LogP contribution is -2.00. The molecule has 2 nitrogen and oxygen atoms in total. The molecule has 0 fully saturated rings. The van der Waals surface area contributed by atoms with Crippen LogP contribution in [0.4, 0.5) is 11.4 Å². The number of hydrogen-bond acceptors (Lipinski definition) is 2. The summed E-state index contributed by atoms with van der Waals surface area (Å²) in [5.74, 6) is 0. The molecule has 72 valence electrons. The highest BCUT2D eigenvalue weighted by Crippen LogP contribution is 2.23. The maximum atomic E-state index is 5.94. The zero-order valence-corrected chi connectivity index (χ0v) is 8.43. The lowest BCUT2D eigenvalue weighted by atomic mass is 10.0. The lowest BCUT2D eigenvalue weighted by molar-refractivity contribution is 0.796. The number of nitrogens with two attached hydrogens (primary N) is 2. The van der Waals surface area contributed by atoms with Crippen LogP contribution in [-0.4, -0.2) is 0 Å². The summed E-state index contributed by atoms with van der Waals surface area (Å²) in [7, 11) is 0. The van der Waals surface area contributed by atoms with Gasteiger partial charge in [-0.15, -0.1) is 0 Å². The van der Waals surface area contributed by atoms with E-state index in [9.17, 15) is 0 Å². The Hall–Kier alpha value is -1.18. The van der Waals surface area contributed by atoms with Crippen LogP contribution >= 0.6 is 0 Å². The Bertz CT molecular complexity index is 292. The molecular formula is C11H18N2. The SMILES string of the molecule is CCCCc1ccc(N)c(C)c1N. The van der Waals surface area contributed by atoms with Crippen molar-refractivity contribution in [2.45, 2.75) is 33.1 Å². The van der Waals surface area contributed by atoms with Gasteiger partial charge in [0.25, 0.3) is 0 Å². The Labute approximate surface area is 79.9 Å². The first-order valence-corrected chi connectivity index (χ1v) is 4.80. The molecule has 0 amide bonds. The number of benzene rings is 1. The van der Waals surface area contributed by atoms with E-state index in [0.29, 0.717) is 0 Å². The first kappa shape index (κ1) is 9.90. The molecule has 0 unspecified atom stereocenters. The average molecular weight is 178 g/mol. The van der Waals surface area contributed by atoms with E-state index in [1.54, 1.807) is 0 Å². The molecule has 1 aromatic carbocycles. The van der Waals surface area contributed by atoms with Crippen molar-refractivity contribution in [1.82, 2.24) is 0 Å². The largest absolute Gasteiger partial charge is 0.398 e. The zero-order chi connectivity index (χ0) is 9.84. The van der Waals surface area contributed by atoms with Crippen LogP contribution in [0.2, 0.25) is 0 Å². The van der Waals surface area contributed by atoms with Gasteiger partial charge in [0.05, 0.1) is 0 Å². The minimum absolute atomic E-state index is 0.790. The van der Waals surface area contributed by atoms with Crippen LogP contribution in [0.3, 0.4) is 0 Å². The molecule has 0 bridgehead atoms.